The predicted octanol–water partition coefficient (Wildman–Crippen LogP) is 1.44. The lowest BCUT2D eigenvalue weighted by Crippen LogP contribution is -2.35. The van der Waals surface area contributed by atoms with Crippen molar-refractivity contribution >= 4 is 10.0 Å². The number of nitrogens with zero attached hydrogens (tertiary/aromatic N) is 1. The number of nitrogens with one attached hydrogen (secondary N) is 1. The van der Waals surface area contributed by atoms with Gasteiger partial charge in [-0.3, -0.25) is 0 Å². The van der Waals surface area contributed by atoms with E-state index in [9.17, 15) is 8.42 Å². The van der Waals surface area contributed by atoms with E-state index >= 15 is 0 Å². The zero-order chi connectivity index (χ0) is 12.7. The van der Waals surface area contributed by atoms with E-state index in [4.69, 9.17) is 0 Å². The summed E-state index contributed by atoms with van der Waals surface area (Å²) < 4.78 is 26.0. The molecule has 0 amide bonds. The Balaban J connectivity index is 2.38. The number of unbranched alkanes of at least 4 members (excludes halogenated alkanes) is 1. The second kappa shape index (κ2) is 7.34. The first-order valence-electron chi connectivity index (χ1n) is 6.72. The molecule has 1 rings (SSSR count). The fourth-order valence-electron chi connectivity index (χ4n) is 1.90. The summed E-state index contributed by atoms with van der Waals surface area (Å²) in [5, 5.41) is 3.04. The molecule has 0 spiro atoms. The van der Waals surface area contributed by atoms with Gasteiger partial charge in [-0.25, -0.2) is 12.7 Å². The third-order valence-corrected chi connectivity index (χ3v) is 5.03. The fourth-order valence-corrected chi connectivity index (χ4v) is 3.62. The van der Waals surface area contributed by atoms with Crippen molar-refractivity contribution in [1.82, 2.24) is 9.62 Å². The van der Waals surface area contributed by atoms with Gasteiger partial charge in [0.15, 0.2) is 0 Å². The maximum Gasteiger partial charge on any atom is 0.214 e. The Kier molecular flexibility index (Phi) is 6.44. The molecule has 1 aliphatic rings. The van der Waals surface area contributed by atoms with Crippen LogP contribution in [0.5, 0.6) is 0 Å². The van der Waals surface area contributed by atoms with Crippen LogP contribution in [0.1, 0.15) is 39.0 Å². The van der Waals surface area contributed by atoms with E-state index in [0.717, 1.165) is 32.4 Å². The lowest BCUT2D eigenvalue weighted by molar-refractivity contribution is 0.394. The first kappa shape index (κ1) is 14.9. The summed E-state index contributed by atoms with van der Waals surface area (Å²) in [7, 11) is -1.12. The largest absolute Gasteiger partial charge is 0.320 e. The average molecular weight is 262 g/mol. The Morgan fingerprint density at radius 3 is 2.53 bits per heavy atom. The van der Waals surface area contributed by atoms with Crippen molar-refractivity contribution in [2.24, 2.45) is 5.92 Å². The van der Waals surface area contributed by atoms with Crippen molar-refractivity contribution in [2.45, 2.75) is 39.0 Å². The summed E-state index contributed by atoms with van der Waals surface area (Å²) >= 11 is 0. The van der Waals surface area contributed by atoms with Gasteiger partial charge in [0.25, 0.3) is 0 Å². The number of rotatable bonds is 10. The van der Waals surface area contributed by atoms with Crippen molar-refractivity contribution in [1.29, 1.82) is 0 Å². The molecular formula is C12H26N2O2S. The molecule has 0 aromatic heterocycles. The van der Waals surface area contributed by atoms with Gasteiger partial charge in [-0.05, 0) is 51.6 Å². The molecule has 0 heterocycles. The average Bonchev–Trinajstić information content (AvgIpc) is 3.08. The van der Waals surface area contributed by atoms with Gasteiger partial charge < -0.3 is 5.32 Å². The lowest BCUT2D eigenvalue weighted by atomic mass is 10.3. The van der Waals surface area contributed by atoms with Crippen LogP contribution in [0.2, 0.25) is 0 Å². The molecule has 0 saturated heterocycles. The zero-order valence-electron chi connectivity index (χ0n) is 11.1. The number of hydrogen-bond donors (Lipinski definition) is 1. The van der Waals surface area contributed by atoms with Crippen LogP contribution in [0.4, 0.5) is 0 Å². The van der Waals surface area contributed by atoms with E-state index in [2.05, 4.69) is 5.32 Å². The van der Waals surface area contributed by atoms with Crippen LogP contribution in [0.15, 0.2) is 0 Å². The summed E-state index contributed by atoms with van der Waals surface area (Å²) in [4.78, 5) is 0. The standard InChI is InChI=1S/C12H26N2O2S/c1-3-9-14(11-12-6-7-12)17(15,16)10-5-4-8-13-2/h12-13H,3-11H2,1-2H3. The van der Waals surface area contributed by atoms with Gasteiger partial charge >= 0.3 is 0 Å². The van der Waals surface area contributed by atoms with Gasteiger partial charge in [-0.15, -0.1) is 0 Å². The highest BCUT2D eigenvalue weighted by molar-refractivity contribution is 7.89. The van der Waals surface area contributed by atoms with Crippen LogP contribution in [0, 0.1) is 5.92 Å². The Hall–Kier alpha value is -0.130. The molecule has 1 N–H and O–H groups in total. The van der Waals surface area contributed by atoms with Gasteiger partial charge in [0, 0.05) is 13.1 Å². The summed E-state index contributed by atoms with van der Waals surface area (Å²) in [6.45, 7) is 4.37. The van der Waals surface area contributed by atoms with Crippen molar-refractivity contribution in [2.75, 3.05) is 32.4 Å². The first-order chi connectivity index (χ1) is 8.10. The van der Waals surface area contributed by atoms with Gasteiger partial charge in [-0.2, -0.15) is 0 Å². The minimum atomic E-state index is -3.01. The van der Waals surface area contributed by atoms with Gasteiger partial charge in [0.1, 0.15) is 0 Å². The maximum atomic E-state index is 12.2. The van der Waals surface area contributed by atoms with E-state index < -0.39 is 10.0 Å². The van der Waals surface area contributed by atoms with Crippen LogP contribution in [0.3, 0.4) is 0 Å². The van der Waals surface area contributed by atoms with Crippen LogP contribution in [-0.2, 0) is 10.0 Å². The van der Waals surface area contributed by atoms with Gasteiger partial charge in [0.05, 0.1) is 5.75 Å². The molecule has 1 aliphatic carbocycles. The van der Waals surface area contributed by atoms with Crippen LogP contribution < -0.4 is 5.32 Å². The Morgan fingerprint density at radius 2 is 2.00 bits per heavy atom. The molecule has 0 unspecified atom stereocenters. The molecule has 4 nitrogen and oxygen atoms in total. The van der Waals surface area contributed by atoms with Crippen LogP contribution in [-0.4, -0.2) is 45.2 Å². The molecular weight excluding hydrogens is 236 g/mol. The predicted molar refractivity (Wildman–Crippen MR) is 71.5 cm³/mol. The molecule has 0 atom stereocenters. The quantitative estimate of drug-likeness (QED) is 0.606. The van der Waals surface area contributed by atoms with Crippen molar-refractivity contribution < 1.29 is 8.42 Å². The summed E-state index contributed by atoms with van der Waals surface area (Å²) in [5.74, 6) is 0.940. The third-order valence-electron chi connectivity index (χ3n) is 3.10. The highest BCUT2D eigenvalue weighted by Crippen LogP contribution is 2.30. The van der Waals surface area contributed by atoms with E-state index in [0.29, 0.717) is 18.2 Å². The summed E-state index contributed by atoms with van der Waals surface area (Å²) in [5.41, 5.74) is 0. The van der Waals surface area contributed by atoms with Gasteiger partial charge in [-0.1, -0.05) is 6.92 Å². The molecule has 102 valence electrons. The smallest absolute Gasteiger partial charge is 0.214 e. The minimum Gasteiger partial charge on any atom is -0.320 e. The SMILES string of the molecule is CCCN(CC1CC1)S(=O)(=O)CCCCNC. The molecule has 17 heavy (non-hydrogen) atoms. The highest BCUT2D eigenvalue weighted by atomic mass is 32.2. The molecule has 0 aliphatic heterocycles. The van der Waals surface area contributed by atoms with Crippen molar-refractivity contribution in [3.63, 3.8) is 0 Å². The molecule has 0 aromatic carbocycles. The zero-order valence-corrected chi connectivity index (χ0v) is 11.9. The molecule has 0 bridgehead atoms. The Labute approximate surface area is 106 Å². The topological polar surface area (TPSA) is 49.4 Å². The second-order valence-corrected chi connectivity index (χ2v) is 7.02. The summed E-state index contributed by atoms with van der Waals surface area (Å²) in [6.07, 6.45) is 5.00. The normalized spacial score (nSPS) is 16.6. The highest BCUT2D eigenvalue weighted by Gasteiger charge is 2.29. The molecule has 5 heteroatoms. The third kappa shape index (κ3) is 5.84. The first-order valence-corrected chi connectivity index (χ1v) is 8.33. The van der Waals surface area contributed by atoms with E-state index in [-0.39, 0.29) is 0 Å². The Morgan fingerprint density at radius 1 is 1.29 bits per heavy atom. The molecule has 0 radical (unpaired) electrons. The fraction of sp³-hybridized carbons (Fsp3) is 1.00. The molecule has 0 aromatic rings. The number of sulfonamides is 1. The summed E-state index contributed by atoms with van der Waals surface area (Å²) in [6, 6.07) is 0. The van der Waals surface area contributed by atoms with E-state index in [1.54, 1.807) is 4.31 Å². The van der Waals surface area contributed by atoms with Crippen molar-refractivity contribution in [3.05, 3.63) is 0 Å². The molecule has 1 saturated carbocycles. The molecule has 1 fully saturated rings. The van der Waals surface area contributed by atoms with Gasteiger partial charge in [0.2, 0.25) is 10.0 Å². The monoisotopic (exact) mass is 262 g/mol. The van der Waals surface area contributed by atoms with Crippen LogP contribution in [0.25, 0.3) is 0 Å². The number of hydrogen-bond acceptors (Lipinski definition) is 3. The Bertz CT molecular complexity index is 300. The minimum absolute atomic E-state index is 0.307. The van der Waals surface area contributed by atoms with Crippen molar-refractivity contribution in [3.8, 4) is 0 Å². The van der Waals surface area contributed by atoms with E-state index in [1.165, 1.54) is 12.8 Å². The lowest BCUT2D eigenvalue weighted by Gasteiger charge is -2.21. The maximum absolute atomic E-state index is 12.2. The second-order valence-electron chi connectivity index (χ2n) is 4.93. The van der Waals surface area contributed by atoms with E-state index in [1.807, 2.05) is 14.0 Å². The van der Waals surface area contributed by atoms with Crippen LogP contribution >= 0.6 is 0 Å².